The SMILES string of the molecule is [C-]#[N+]c1cc(Cl)c(OC(=O)c2ccc(C)cc2Cl)c(Cl)c1. The van der Waals surface area contributed by atoms with Gasteiger partial charge in [0, 0.05) is 0 Å². The highest BCUT2D eigenvalue weighted by molar-refractivity contribution is 6.38. The van der Waals surface area contributed by atoms with Crippen LogP contribution in [0.1, 0.15) is 15.9 Å². The van der Waals surface area contributed by atoms with Crippen LogP contribution >= 0.6 is 34.8 Å². The van der Waals surface area contributed by atoms with Crippen molar-refractivity contribution in [2.24, 2.45) is 0 Å². The van der Waals surface area contributed by atoms with Crippen molar-refractivity contribution in [1.29, 1.82) is 0 Å². The Morgan fingerprint density at radius 2 is 1.71 bits per heavy atom. The fourth-order valence-electron chi connectivity index (χ4n) is 1.64. The molecule has 2 aromatic rings. The summed E-state index contributed by atoms with van der Waals surface area (Å²) in [5.74, 6) is -0.660. The van der Waals surface area contributed by atoms with Gasteiger partial charge in [0.2, 0.25) is 0 Å². The minimum absolute atomic E-state index is 0.00683. The first-order chi connectivity index (χ1) is 9.92. The second kappa shape index (κ2) is 6.36. The van der Waals surface area contributed by atoms with Gasteiger partial charge >= 0.3 is 5.97 Å². The number of ether oxygens (including phenoxy) is 1. The molecule has 0 heterocycles. The molecule has 0 amide bonds. The van der Waals surface area contributed by atoms with E-state index in [1.807, 2.05) is 6.92 Å². The van der Waals surface area contributed by atoms with Gasteiger partial charge in [-0.1, -0.05) is 40.9 Å². The number of benzene rings is 2. The van der Waals surface area contributed by atoms with Gasteiger partial charge in [0.05, 0.1) is 27.2 Å². The van der Waals surface area contributed by atoms with Crippen LogP contribution in [-0.4, -0.2) is 5.97 Å². The van der Waals surface area contributed by atoms with Crippen LogP contribution in [0.3, 0.4) is 0 Å². The van der Waals surface area contributed by atoms with Crippen molar-refractivity contribution in [3.63, 3.8) is 0 Å². The van der Waals surface area contributed by atoms with Crippen molar-refractivity contribution in [2.45, 2.75) is 6.92 Å². The standard InChI is InChI=1S/C15H8Cl3NO2/c1-8-3-4-10(11(16)5-8)15(20)21-14-12(17)6-9(19-2)7-13(14)18/h3-7H,1H3. The lowest BCUT2D eigenvalue weighted by Gasteiger charge is -2.10. The summed E-state index contributed by atoms with van der Waals surface area (Å²) in [7, 11) is 0. The van der Waals surface area contributed by atoms with E-state index in [1.54, 1.807) is 18.2 Å². The molecule has 21 heavy (non-hydrogen) atoms. The van der Waals surface area contributed by atoms with Gasteiger partial charge in [-0.2, -0.15) is 0 Å². The smallest absolute Gasteiger partial charge is 0.345 e. The van der Waals surface area contributed by atoms with E-state index < -0.39 is 5.97 Å². The first-order valence-electron chi connectivity index (χ1n) is 5.77. The second-order valence-corrected chi connectivity index (χ2v) is 5.44. The zero-order valence-electron chi connectivity index (χ0n) is 10.8. The van der Waals surface area contributed by atoms with Crippen molar-refractivity contribution in [1.82, 2.24) is 0 Å². The summed E-state index contributed by atoms with van der Waals surface area (Å²) in [6.45, 7) is 8.77. The zero-order valence-corrected chi connectivity index (χ0v) is 13.1. The molecule has 0 N–H and O–H groups in total. The van der Waals surface area contributed by atoms with Crippen LogP contribution in [0.25, 0.3) is 4.85 Å². The summed E-state index contributed by atoms with van der Waals surface area (Å²) in [5, 5.41) is 0.459. The summed E-state index contributed by atoms with van der Waals surface area (Å²) in [4.78, 5) is 15.3. The van der Waals surface area contributed by atoms with Gasteiger partial charge in [-0.25, -0.2) is 9.64 Å². The Labute approximate surface area is 136 Å². The molecular weight excluding hydrogens is 333 g/mol. The molecule has 3 nitrogen and oxygen atoms in total. The van der Waals surface area contributed by atoms with E-state index in [0.29, 0.717) is 0 Å². The third-order valence-corrected chi connectivity index (χ3v) is 3.53. The zero-order chi connectivity index (χ0) is 15.6. The van der Waals surface area contributed by atoms with Crippen LogP contribution in [0.2, 0.25) is 15.1 Å². The molecule has 0 spiro atoms. The van der Waals surface area contributed by atoms with E-state index in [1.165, 1.54) is 12.1 Å². The minimum atomic E-state index is -0.667. The van der Waals surface area contributed by atoms with Gasteiger partial charge < -0.3 is 4.74 Å². The predicted molar refractivity (Wildman–Crippen MR) is 83.9 cm³/mol. The number of halogens is 3. The maximum absolute atomic E-state index is 12.1. The van der Waals surface area contributed by atoms with Crippen molar-refractivity contribution < 1.29 is 9.53 Å². The van der Waals surface area contributed by atoms with Gasteiger partial charge in [0.25, 0.3) is 0 Å². The van der Waals surface area contributed by atoms with E-state index in [2.05, 4.69) is 4.85 Å². The summed E-state index contributed by atoms with van der Waals surface area (Å²) in [6.07, 6.45) is 0. The molecule has 0 aliphatic heterocycles. The largest absolute Gasteiger partial charge is 0.420 e. The molecule has 2 aromatic carbocycles. The topological polar surface area (TPSA) is 30.7 Å². The quantitative estimate of drug-likeness (QED) is 0.397. The van der Waals surface area contributed by atoms with Crippen LogP contribution in [0.4, 0.5) is 5.69 Å². The molecule has 0 atom stereocenters. The lowest BCUT2D eigenvalue weighted by Crippen LogP contribution is -2.10. The van der Waals surface area contributed by atoms with Crippen LogP contribution in [0.5, 0.6) is 5.75 Å². The molecule has 0 saturated carbocycles. The Hall–Kier alpha value is -1.73. The summed E-state index contributed by atoms with van der Waals surface area (Å²) < 4.78 is 5.19. The highest BCUT2D eigenvalue weighted by Gasteiger charge is 2.17. The van der Waals surface area contributed by atoms with E-state index in [4.69, 9.17) is 46.1 Å². The molecule has 0 unspecified atom stereocenters. The third-order valence-electron chi connectivity index (χ3n) is 2.65. The van der Waals surface area contributed by atoms with Gasteiger partial charge in [-0.05, 0) is 36.8 Å². The van der Waals surface area contributed by atoms with Crippen LogP contribution in [0.15, 0.2) is 30.3 Å². The Bertz CT molecular complexity index is 743. The van der Waals surface area contributed by atoms with Crippen molar-refractivity contribution in [3.8, 4) is 5.75 Å². The molecular formula is C15H8Cl3NO2. The third kappa shape index (κ3) is 3.48. The van der Waals surface area contributed by atoms with E-state index in [0.717, 1.165) is 5.56 Å². The number of carbonyl (C=O) groups excluding carboxylic acids is 1. The Kier molecular flexibility index (Phi) is 4.74. The van der Waals surface area contributed by atoms with Crippen LogP contribution in [-0.2, 0) is 0 Å². The van der Waals surface area contributed by atoms with Crippen LogP contribution in [0, 0.1) is 13.5 Å². The van der Waals surface area contributed by atoms with Crippen LogP contribution < -0.4 is 4.74 Å². The number of aryl methyl sites for hydroxylation is 1. The normalized spacial score (nSPS) is 10.0. The molecule has 2 rings (SSSR count). The van der Waals surface area contributed by atoms with E-state index >= 15 is 0 Å². The van der Waals surface area contributed by atoms with Crippen molar-refractivity contribution >= 4 is 46.5 Å². The maximum Gasteiger partial charge on any atom is 0.345 e. The predicted octanol–water partition coefficient (Wildman–Crippen LogP) is 5.73. The Balaban J connectivity index is 2.34. The molecule has 6 heteroatoms. The molecule has 0 radical (unpaired) electrons. The average molecular weight is 341 g/mol. The second-order valence-electron chi connectivity index (χ2n) is 4.22. The lowest BCUT2D eigenvalue weighted by molar-refractivity contribution is 0.0735. The maximum atomic E-state index is 12.1. The first kappa shape index (κ1) is 15.7. The number of hydrogen-bond acceptors (Lipinski definition) is 2. The van der Waals surface area contributed by atoms with Gasteiger partial charge in [0.15, 0.2) is 11.4 Å². The molecule has 0 aliphatic rings. The average Bonchev–Trinajstić information content (AvgIpc) is 2.42. The Morgan fingerprint density at radius 1 is 1.10 bits per heavy atom. The van der Waals surface area contributed by atoms with Crippen molar-refractivity contribution in [3.05, 3.63) is 67.9 Å². The number of hydrogen-bond donors (Lipinski definition) is 0. The number of rotatable bonds is 2. The molecule has 0 bridgehead atoms. The van der Waals surface area contributed by atoms with Gasteiger partial charge in [0.1, 0.15) is 0 Å². The van der Waals surface area contributed by atoms with Crippen molar-refractivity contribution in [2.75, 3.05) is 0 Å². The molecule has 0 saturated heterocycles. The monoisotopic (exact) mass is 339 g/mol. The van der Waals surface area contributed by atoms with E-state index in [-0.39, 0.29) is 32.1 Å². The molecule has 0 fully saturated rings. The van der Waals surface area contributed by atoms with E-state index in [9.17, 15) is 4.79 Å². The highest BCUT2D eigenvalue weighted by Crippen LogP contribution is 2.37. The molecule has 106 valence electrons. The first-order valence-corrected chi connectivity index (χ1v) is 6.90. The Morgan fingerprint density at radius 3 is 2.24 bits per heavy atom. The highest BCUT2D eigenvalue weighted by atomic mass is 35.5. The summed E-state index contributed by atoms with van der Waals surface area (Å²) >= 11 is 18.0. The van der Waals surface area contributed by atoms with Gasteiger partial charge in [-0.3, -0.25) is 0 Å². The summed E-state index contributed by atoms with van der Waals surface area (Å²) in [6, 6.07) is 7.71. The lowest BCUT2D eigenvalue weighted by atomic mass is 10.1. The fourth-order valence-corrected chi connectivity index (χ4v) is 2.51. The van der Waals surface area contributed by atoms with Gasteiger partial charge in [-0.15, -0.1) is 0 Å². The number of esters is 1. The molecule has 0 aromatic heterocycles. The summed E-state index contributed by atoms with van der Waals surface area (Å²) in [5.41, 5.74) is 1.40. The minimum Gasteiger partial charge on any atom is -0.420 e. The fraction of sp³-hybridized carbons (Fsp3) is 0.0667. The molecule has 0 aliphatic carbocycles. The number of nitrogens with zero attached hydrogens (tertiary/aromatic N) is 1. The number of carbonyl (C=O) groups is 1.